The van der Waals surface area contributed by atoms with Crippen LogP contribution in [0.3, 0.4) is 0 Å². The molecule has 1 atom stereocenters. The number of nitrogens with one attached hydrogen (secondary N) is 3. The van der Waals surface area contributed by atoms with Gasteiger partial charge < -0.3 is 26.2 Å². The summed E-state index contributed by atoms with van der Waals surface area (Å²) in [5, 5.41) is 7.98. The molecule has 5 aromatic rings. The third-order valence-corrected chi connectivity index (χ3v) is 12.5. The molecule has 0 aromatic heterocycles. The Hall–Kier alpha value is -4.52. The van der Waals surface area contributed by atoms with Crippen LogP contribution in [0.2, 0.25) is 5.02 Å². The smallest absolute Gasteiger partial charge is 0.264 e. The number of hydrogen-bond acceptors (Lipinski definition) is 9. The first-order valence-electron chi connectivity index (χ1n) is 18.5. The van der Waals surface area contributed by atoms with Crippen LogP contribution in [-0.2, 0) is 16.6 Å². The Balaban J connectivity index is 1.00. The van der Waals surface area contributed by atoms with Gasteiger partial charge in [0.25, 0.3) is 15.9 Å². The minimum absolute atomic E-state index is 0.0750. The molecule has 1 fully saturated rings. The molecule has 1 aliphatic rings. The molecule has 1 aliphatic heterocycles. The van der Waals surface area contributed by atoms with Crippen LogP contribution in [0.15, 0.2) is 131 Å². The van der Waals surface area contributed by atoms with Crippen molar-refractivity contribution in [1.82, 2.24) is 14.9 Å². The molecule has 288 valence electrons. The molecule has 6 rings (SSSR count). The fourth-order valence-electron chi connectivity index (χ4n) is 6.63. The van der Waals surface area contributed by atoms with Gasteiger partial charge in [0.15, 0.2) is 0 Å². The molecule has 5 aromatic carbocycles. The molecule has 1 saturated heterocycles. The van der Waals surface area contributed by atoms with Crippen molar-refractivity contribution in [1.29, 1.82) is 0 Å². The first kappa shape index (κ1) is 40.2. The van der Waals surface area contributed by atoms with Gasteiger partial charge >= 0.3 is 0 Å². The molecule has 0 radical (unpaired) electrons. The summed E-state index contributed by atoms with van der Waals surface area (Å²) < 4.78 is 28.8. The van der Waals surface area contributed by atoms with E-state index >= 15 is 0 Å². The number of nitrogens with two attached hydrogens (primary N) is 1. The maximum absolute atomic E-state index is 13.3. The van der Waals surface area contributed by atoms with Crippen LogP contribution in [0, 0.1) is 0 Å². The van der Waals surface area contributed by atoms with Gasteiger partial charge in [0.05, 0.1) is 16.3 Å². The van der Waals surface area contributed by atoms with Gasteiger partial charge in [0, 0.05) is 58.6 Å². The number of thioether (sulfide) groups is 1. The van der Waals surface area contributed by atoms with Gasteiger partial charge in [-0.05, 0) is 123 Å². The Morgan fingerprint density at radius 1 is 0.909 bits per heavy atom. The van der Waals surface area contributed by atoms with Crippen LogP contribution in [0.5, 0.6) is 0 Å². The fraction of sp³-hybridized carbons (Fsp3) is 0.279. The third-order valence-electron chi connectivity index (χ3n) is 9.78. The van der Waals surface area contributed by atoms with E-state index in [4.69, 9.17) is 17.3 Å². The summed E-state index contributed by atoms with van der Waals surface area (Å²) in [6.45, 7) is 3.39. The van der Waals surface area contributed by atoms with Crippen molar-refractivity contribution in [2.45, 2.75) is 47.7 Å². The molecular weight excluding hydrogens is 748 g/mol. The van der Waals surface area contributed by atoms with E-state index in [2.05, 4.69) is 73.7 Å². The molecule has 1 unspecified atom stereocenters. The number of nitrogens with zero attached hydrogens (tertiary/aromatic N) is 2. The Kier molecular flexibility index (Phi) is 13.8. The summed E-state index contributed by atoms with van der Waals surface area (Å²) in [6.07, 6.45) is 2.83. The standard InChI is InChI=1S/C43H49ClN6O3S2/c1-49(2)25-22-36(30-54-38-9-4-3-5-10-38)47-42-21-20-39(28-41(42)45)55(52,53)48-43(51)32-14-18-37(19-15-32)50-26-23-35(24-27-50)46-29-33-8-6-7-11-40(33)31-12-16-34(44)17-13-31/h3-21,28,35-36,46-47H,22-27,29-30,45H2,1-2H3,(H,48,51). The lowest BCUT2D eigenvalue weighted by Gasteiger charge is -2.34. The molecular formula is C43H49ClN6O3S2. The van der Waals surface area contributed by atoms with Crippen LogP contribution in [-0.4, -0.2) is 70.8 Å². The van der Waals surface area contributed by atoms with E-state index < -0.39 is 15.9 Å². The van der Waals surface area contributed by atoms with E-state index in [1.54, 1.807) is 30.0 Å². The van der Waals surface area contributed by atoms with E-state index in [-0.39, 0.29) is 16.5 Å². The second-order valence-electron chi connectivity index (χ2n) is 14.1. The minimum Gasteiger partial charge on any atom is -0.397 e. The zero-order chi connectivity index (χ0) is 38.8. The van der Waals surface area contributed by atoms with Crippen LogP contribution in [0.25, 0.3) is 11.1 Å². The highest BCUT2D eigenvalue weighted by Crippen LogP contribution is 2.28. The predicted octanol–water partition coefficient (Wildman–Crippen LogP) is 7.99. The van der Waals surface area contributed by atoms with Crippen molar-refractivity contribution < 1.29 is 13.2 Å². The number of sulfonamides is 1. The number of rotatable bonds is 16. The van der Waals surface area contributed by atoms with E-state index in [9.17, 15) is 13.2 Å². The molecule has 9 nitrogen and oxygen atoms in total. The van der Waals surface area contributed by atoms with Gasteiger partial charge in [-0.2, -0.15) is 0 Å². The zero-order valence-electron chi connectivity index (χ0n) is 31.2. The lowest BCUT2D eigenvalue weighted by Crippen LogP contribution is -2.42. The average Bonchev–Trinajstić information content (AvgIpc) is 3.19. The number of benzene rings is 5. The second-order valence-corrected chi connectivity index (χ2v) is 17.3. The van der Waals surface area contributed by atoms with Gasteiger partial charge in [-0.1, -0.05) is 66.2 Å². The van der Waals surface area contributed by atoms with Gasteiger partial charge in [0.1, 0.15) is 0 Å². The van der Waals surface area contributed by atoms with Crippen molar-refractivity contribution in [3.63, 3.8) is 0 Å². The first-order chi connectivity index (χ1) is 26.5. The fourth-order valence-corrected chi connectivity index (χ4v) is 8.76. The van der Waals surface area contributed by atoms with Crippen LogP contribution >= 0.6 is 23.4 Å². The van der Waals surface area contributed by atoms with E-state index in [1.807, 2.05) is 56.6 Å². The van der Waals surface area contributed by atoms with E-state index in [0.717, 1.165) is 67.5 Å². The van der Waals surface area contributed by atoms with Gasteiger partial charge in [-0.15, -0.1) is 11.8 Å². The normalized spacial score (nSPS) is 14.1. The molecule has 0 spiro atoms. The van der Waals surface area contributed by atoms with Gasteiger partial charge in [-0.3, -0.25) is 4.79 Å². The van der Waals surface area contributed by atoms with Crippen LogP contribution in [0.4, 0.5) is 17.1 Å². The Bertz CT molecular complexity index is 2130. The summed E-state index contributed by atoms with van der Waals surface area (Å²) in [5.41, 5.74) is 12.2. The van der Waals surface area contributed by atoms with E-state index in [1.165, 1.54) is 28.2 Å². The van der Waals surface area contributed by atoms with Crippen molar-refractivity contribution in [3.05, 3.63) is 137 Å². The summed E-state index contributed by atoms with van der Waals surface area (Å²) >= 11 is 7.86. The largest absolute Gasteiger partial charge is 0.397 e. The molecule has 0 bridgehead atoms. The molecule has 1 amide bonds. The van der Waals surface area contributed by atoms with Crippen molar-refractivity contribution in [2.75, 3.05) is 55.4 Å². The van der Waals surface area contributed by atoms with E-state index in [0.29, 0.717) is 17.4 Å². The number of halogens is 1. The number of hydrogen-bond donors (Lipinski definition) is 4. The third kappa shape index (κ3) is 11.3. The number of nitrogen functional groups attached to an aromatic ring is 1. The Morgan fingerprint density at radius 3 is 2.29 bits per heavy atom. The second kappa shape index (κ2) is 18.9. The number of piperidine rings is 1. The summed E-state index contributed by atoms with van der Waals surface area (Å²) in [7, 11) is -0.0978. The van der Waals surface area contributed by atoms with Crippen LogP contribution < -0.4 is 26.0 Å². The Labute approximate surface area is 334 Å². The van der Waals surface area contributed by atoms with Crippen molar-refractivity contribution >= 4 is 56.4 Å². The highest BCUT2D eigenvalue weighted by Gasteiger charge is 2.23. The van der Waals surface area contributed by atoms with Crippen molar-refractivity contribution in [3.8, 4) is 11.1 Å². The van der Waals surface area contributed by atoms with Gasteiger partial charge in [0.2, 0.25) is 0 Å². The maximum Gasteiger partial charge on any atom is 0.264 e. The summed E-state index contributed by atoms with van der Waals surface area (Å²) in [6, 6.07) is 38.7. The average molecular weight is 797 g/mol. The summed E-state index contributed by atoms with van der Waals surface area (Å²) in [5.74, 6) is 0.111. The SMILES string of the molecule is CN(C)CCC(CSc1ccccc1)Nc1ccc(S(=O)(=O)NC(=O)c2ccc(N3CCC(NCc4ccccc4-c4ccc(Cl)cc4)CC3)cc2)cc1N. The molecule has 1 heterocycles. The van der Waals surface area contributed by atoms with Crippen molar-refractivity contribution in [2.24, 2.45) is 0 Å². The van der Waals surface area contributed by atoms with Gasteiger partial charge in [-0.25, -0.2) is 13.1 Å². The number of carbonyl (C=O) groups excluding carboxylic acids is 1. The zero-order valence-corrected chi connectivity index (χ0v) is 33.6. The quantitative estimate of drug-likeness (QED) is 0.0582. The number of anilines is 3. The Morgan fingerprint density at radius 2 is 1.60 bits per heavy atom. The maximum atomic E-state index is 13.3. The number of amides is 1. The molecule has 0 aliphatic carbocycles. The molecule has 0 saturated carbocycles. The molecule has 55 heavy (non-hydrogen) atoms. The highest BCUT2D eigenvalue weighted by atomic mass is 35.5. The number of carbonyl (C=O) groups is 1. The first-order valence-corrected chi connectivity index (χ1v) is 21.4. The highest BCUT2D eigenvalue weighted by molar-refractivity contribution is 7.99. The summed E-state index contributed by atoms with van der Waals surface area (Å²) in [4.78, 5) is 18.7. The van der Waals surface area contributed by atoms with Crippen LogP contribution in [0.1, 0.15) is 35.2 Å². The lowest BCUT2D eigenvalue weighted by molar-refractivity contribution is 0.0981. The molecule has 12 heteroatoms. The minimum atomic E-state index is -4.17. The lowest BCUT2D eigenvalue weighted by atomic mass is 9.98. The monoisotopic (exact) mass is 796 g/mol. The molecule has 5 N–H and O–H groups in total. The topological polar surface area (TPSA) is 120 Å². The predicted molar refractivity (Wildman–Crippen MR) is 229 cm³/mol.